The van der Waals surface area contributed by atoms with Crippen LogP contribution in [0.25, 0.3) is 0 Å². The van der Waals surface area contributed by atoms with Gasteiger partial charge in [0, 0.05) is 43.4 Å². The number of pyridine rings is 1. The molecule has 12 heteroatoms. The molecule has 36 heavy (non-hydrogen) atoms. The second-order valence-corrected chi connectivity index (χ2v) is 9.59. The molecule has 0 spiro atoms. The van der Waals surface area contributed by atoms with Gasteiger partial charge in [0.2, 0.25) is 11.9 Å². The summed E-state index contributed by atoms with van der Waals surface area (Å²) in [6, 6.07) is 3.13. The quantitative estimate of drug-likeness (QED) is 0.621. The van der Waals surface area contributed by atoms with Crippen LogP contribution in [0.1, 0.15) is 48.1 Å². The Morgan fingerprint density at radius 2 is 2.03 bits per heavy atom. The van der Waals surface area contributed by atoms with E-state index in [4.69, 9.17) is 0 Å². The first-order valence-electron chi connectivity index (χ1n) is 11.8. The van der Waals surface area contributed by atoms with Crippen molar-refractivity contribution in [2.45, 2.75) is 37.9 Å². The highest BCUT2D eigenvalue weighted by atomic mass is 19.4. The number of likely N-dealkylation sites (tertiary alicyclic amines) is 1. The van der Waals surface area contributed by atoms with E-state index < -0.39 is 17.7 Å². The number of hydrogen-bond donors (Lipinski definition) is 2. The monoisotopic (exact) mass is 502 g/mol. The molecule has 1 amide bonds. The van der Waals surface area contributed by atoms with E-state index in [0.29, 0.717) is 48.6 Å². The molecule has 0 radical (unpaired) electrons. The van der Waals surface area contributed by atoms with Crippen LogP contribution in [0.4, 0.5) is 24.9 Å². The number of amides is 1. The van der Waals surface area contributed by atoms with E-state index in [-0.39, 0.29) is 24.1 Å². The zero-order valence-electron chi connectivity index (χ0n) is 20.4. The maximum absolute atomic E-state index is 13.3. The second-order valence-electron chi connectivity index (χ2n) is 9.59. The van der Waals surface area contributed by atoms with Crippen molar-refractivity contribution < 1.29 is 18.0 Å². The minimum absolute atomic E-state index is 0.00405. The zero-order valence-corrected chi connectivity index (χ0v) is 20.4. The highest BCUT2D eigenvalue weighted by molar-refractivity contribution is 5.78. The van der Waals surface area contributed by atoms with E-state index >= 15 is 0 Å². The molecule has 4 heterocycles. The van der Waals surface area contributed by atoms with Crippen LogP contribution < -0.4 is 10.6 Å². The Labute approximate surface area is 207 Å². The van der Waals surface area contributed by atoms with E-state index in [1.165, 1.54) is 6.20 Å². The number of hydrogen-bond acceptors (Lipinski definition) is 8. The highest BCUT2D eigenvalue weighted by Gasteiger charge is 2.36. The molecule has 2 N–H and O–H groups in total. The molecule has 2 aromatic rings. The van der Waals surface area contributed by atoms with E-state index in [2.05, 4.69) is 31.7 Å². The zero-order chi connectivity index (χ0) is 26.0. The average Bonchev–Trinajstić information content (AvgIpc) is 3.26. The molecular formula is C24H29F3N8O. The number of piperidine rings is 1. The number of carbonyl (C=O) groups excluding carboxylic acids is 1. The number of nitrogens with zero attached hydrogens (tertiary/aromatic N) is 6. The van der Waals surface area contributed by atoms with Gasteiger partial charge in [0.25, 0.3) is 0 Å². The van der Waals surface area contributed by atoms with Gasteiger partial charge in [0.1, 0.15) is 11.9 Å². The minimum Gasteiger partial charge on any atom is -0.369 e. The summed E-state index contributed by atoms with van der Waals surface area (Å²) in [7, 11) is 3.74. The lowest BCUT2D eigenvalue weighted by Crippen LogP contribution is -2.45. The Balaban J connectivity index is 1.48. The molecule has 1 fully saturated rings. The number of likely N-dealkylation sites (N-methyl/N-ethyl adjacent to an activating group) is 1. The Kier molecular flexibility index (Phi) is 7.31. The van der Waals surface area contributed by atoms with Crippen molar-refractivity contribution in [3.63, 3.8) is 0 Å². The Morgan fingerprint density at radius 1 is 1.31 bits per heavy atom. The third-order valence-electron chi connectivity index (χ3n) is 6.77. The van der Waals surface area contributed by atoms with Gasteiger partial charge in [0.15, 0.2) is 0 Å². The van der Waals surface area contributed by atoms with E-state index in [1.54, 1.807) is 0 Å². The highest BCUT2D eigenvalue weighted by Crippen LogP contribution is 2.39. The van der Waals surface area contributed by atoms with E-state index in [1.807, 2.05) is 30.8 Å². The van der Waals surface area contributed by atoms with Crippen molar-refractivity contribution in [2.24, 2.45) is 5.92 Å². The molecule has 2 aromatic heterocycles. The maximum atomic E-state index is 13.3. The average molecular weight is 503 g/mol. The SMILES string of the molecule is CC(Nc1ncc(C#N)c(C2CNc3ncc(C(F)(F)F)cc32)n1)C1CCN(C(=O)CN(C)C)CC1. The lowest BCUT2D eigenvalue weighted by Gasteiger charge is -2.35. The fraction of sp³-hybridized carbons (Fsp3) is 0.542. The second kappa shape index (κ2) is 10.3. The number of halogens is 3. The van der Waals surface area contributed by atoms with Gasteiger partial charge < -0.3 is 20.4 Å². The molecule has 9 nitrogen and oxygen atoms in total. The van der Waals surface area contributed by atoms with Gasteiger partial charge in [-0.25, -0.2) is 15.0 Å². The van der Waals surface area contributed by atoms with Gasteiger partial charge in [0.05, 0.1) is 29.6 Å². The third-order valence-corrected chi connectivity index (χ3v) is 6.77. The van der Waals surface area contributed by atoms with Gasteiger partial charge in [-0.15, -0.1) is 0 Å². The summed E-state index contributed by atoms with van der Waals surface area (Å²) in [5.41, 5.74) is 0.0790. The molecule has 1 saturated heterocycles. The van der Waals surface area contributed by atoms with Crippen molar-refractivity contribution in [3.8, 4) is 6.07 Å². The fourth-order valence-electron chi connectivity index (χ4n) is 4.76. The smallest absolute Gasteiger partial charge is 0.369 e. The number of carbonyl (C=O) groups is 1. The van der Waals surface area contributed by atoms with Gasteiger partial charge >= 0.3 is 6.18 Å². The summed E-state index contributed by atoms with van der Waals surface area (Å²) < 4.78 is 39.8. The molecule has 2 aliphatic rings. The summed E-state index contributed by atoms with van der Waals surface area (Å²) in [6.45, 7) is 4.06. The number of fused-ring (bicyclic) bond motifs is 1. The maximum Gasteiger partial charge on any atom is 0.417 e. The molecule has 192 valence electrons. The molecule has 0 aliphatic carbocycles. The number of nitriles is 1. The Bertz CT molecular complexity index is 1160. The summed E-state index contributed by atoms with van der Waals surface area (Å²) in [6.07, 6.45) is -0.648. The molecular weight excluding hydrogens is 473 g/mol. The number of rotatable bonds is 6. The number of nitrogens with one attached hydrogen (secondary N) is 2. The van der Waals surface area contributed by atoms with Crippen LogP contribution in [0.2, 0.25) is 0 Å². The first-order chi connectivity index (χ1) is 17.1. The number of anilines is 2. The van der Waals surface area contributed by atoms with Crippen LogP contribution in [0, 0.1) is 17.2 Å². The van der Waals surface area contributed by atoms with E-state index in [0.717, 1.165) is 25.1 Å². The fourth-order valence-corrected chi connectivity index (χ4v) is 4.76. The molecule has 0 bridgehead atoms. The first kappa shape index (κ1) is 25.6. The van der Waals surface area contributed by atoms with Crippen LogP contribution >= 0.6 is 0 Å². The lowest BCUT2D eigenvalue weighted by molar-refractivity contribution is -0.138. The topological polar surface area (TPSA) is 110 Å². The summed E-state index contributed by atoms with van der Waals surface area (Å²) in [5.74, 6) is 0.524. The Hall–Kier alpha value is -3.46. The largest absolute Gasteiger partial charge is 0.417 e. The molecule has 4 rings (SSSR count). The summed E-state index contributed by atoms with van der Waals surface area (Å²) >= 11 is 0. The van der Waals surface area contributed by atoms with Gasteiger partial charge in [-0.3, -0.25) is 4.79 Å². The Morgan fingerprint density at radius 3 is 2.67 bits per heavy atom. The van der Waals surface area contributed by atoms with Crippen LogP contribution in [-0.2, 0) is 11.0 Å². The molecule has 2 unspecified atom stereocenters. The lowest BCUT2D eigenvalue weighted by atomic mass is 9.90. The van der Waals surface area contributed by atoms with Crippen molar-refractivity contribution in [1.29, 1.82) is 5.26 Å². The van der Waals surface area contributed by atoms with Gasteiger partial charge in [-0.05, 0) is 45.8 Å². The van der Waals surface area contributed by atoms with Crippen molar-refractivity contribution in [1.82, 2.24) is 24.8 Å². The molecule has 0 aromatic carbocycles. The van der Waals surface area contributed by atoms with Gasteiger partial charge in [-0.2, -0.15) is 18.4 Å². The normalized spacial score (nSPS) is 18.9. The van der Waals surface area contributed by atoms with Crippen LogP contribution in [0.5, 0.6) is 0 Å². The predicted octanol–water partition coefficient (Wildman–Crippen LogP) is 2.92. The third kappa shape index (κ3) is 5.51. The van der Waals surface area contributed by atoms with E-state index in [9.17, 15) is 23.2 Å². The van der Waals surface area contributed by atoms with Crippen LogP contribution in [0.15, 0.2) is 18.5 Å². The summed E-state index contributed by atoms with van der Waals surface area (Å²) in [5, 5.41) is 15.9. The molecule has 0 saturated carbocycles. The van der Waals surface area contributed by atoms with Crippen molar-refractivity contribution in [2.75, 3.05) is 50.9 Å². The van der Waals surface area contributed by atoms with Crippen molar-refractivity contribution >= 4 is 17.7 Å². The number of aromatic nitrogens is 3. The van der Waals surface area contributed by atoms with Crippen LogP contribution in [-0.4, -0.2) is 77.0 Å². The summed E-state index contributed by atoms with van der Waals surface area (Å²) in [4.78, 5) is 28.8. The minimum atomic E-state index is -4.52. The standard InChI is InChI=1S/C24H29F3N8O/c1-14(15-4-6-35(7-5-15)20(36)13-34(2)3)32-23-31-10-16(9-28)21(33-23)19-12-30-22-18(19)8-17(11-29-22)24(25,26)27/h8,10-11,14-15,19H,4-7,12-13H2,1-3H3,(H,29,30)(H,31,32,33). The first-order valence-corrected chi connectivity index (χ1v) is 11.8. The predicted molar refractivity (Wildman–Crippen MR) is 127 cm³/mol. The molecule has 2 aliphatic heterocycles. The van der Waals surface area contributed by atoms with Gasteiger partial charge in [-0.1, -0.05) is 0 Å². The van der Waals surface area contributed by atoms with Crippen LogP contribution in [0.3, 0.4) is 0 Å². The molecule has 2 atom stereocenters. The van der Waals surface area contributed by atoms with Crippen molar-refractivity contribution in [3.05, 3.63) is 40.8 Å². The number of alkyl halides is 3.